The van der Waals surface area contributed by atoms with E-state index in [4.69, 9.17) is 9.47 Å². The van der Waals surface area contributed by atoms with Gasteiger partial charge in [-0.3, -0.25) is 9.59 Å². The molecule has 1 aliphatic heterocycles. The fourth-order valence-corrected chi connectivity index (χ4v) is 3.45. The van der Waals surface area contributed by atoms with E-state index in [1.54, 1.807) is 35.2 Å². The van der Waals surface area contributed by atoms with Gasteiger partial charge in [-0.2, -0.15) is 0 Å². The van der Waals surface area contributed by atoms with Crippen LogP contribution in [0.1, 0.15) is 12.0 Å². The van der Waals surface area contributed by atoms with Crippen LogP contribution in [-0.4, -0.2) is 31.6 Å². The highest BCUT2D eigenvalue weighted by Gasteiger charge is 2.25. The van der Waals surface area contributed by atoms with Gasteiger partial charge in [0.05, 0.1) is 18.7 Å². The Morgan fingerprint density at radius 1 is 1.06 bits per heavy atom. The predicted octanol–water partition coefficient (Wildman–Crippen LogP) is 4.20. The van der Waals surface area contributed by atoms with Gasteiger partial charge in [-0.15, -0.1) is 0 Å². The van der Waals surface area contributed by atoms with E-state index in [1.165, 1.54) is 12.1 Å². The normalized spacial score (nSPS) is 12.7. The van der Waals surface area contributed by atoms with Crippen LogP contribution >= 0.6 is 0 Å². The van der Waals surface area contributed by atoms with Crippen LogP contribution in [0.15, 0.2) is 72.8 Å². The summed E-state index contributed by atoms with van der Waals surface area (Å²) in [6, 6.07) is 20.5. The molecule has 1 aliphatic rings. The summed E-state index contributed by atoms with van der Waals surface area (Å²) < 4.78 is 24.3. The third-order valence-corrected chi connectivity index (χ3v) is 5.00. The van der Waals surface area contributed by atoms with Crippen LogP contribution in [0.3, 0.4) is 0 Å². The second kappa shape index (κ2) is 9.96. The first kappa shape index (κ1) is 21.4. The van der Waals surface area contributed by atoms with Crippen molar-refractivity contribution in [3.63, 3.8) is 0 Å². The number of carbonyl (C=O) groups excluding carboxylic acids is 2. The van der Waals surface area contributed by atoms with Gasteiger partial charge in [-0.05, 0) is 48.4 Å². The topological polar surface area (TPSA) is 67.9 Å². The zero-order chi connectivity index (χ0) is 22.3. The second-order valence-electron chi connectivity index (χ2n) is 7.38. The van der Waals surface area contributed by atoms with Crippen LogP contribution < -0.4 is 19.7 Å². The third-order valence-electron chi connectivity index (χ3n) is 5.00. The monoisotopic (exact) mass is 434 g/mol. The van der Waals surface area contributed by atoms with Gasteiger partial charge >= 0.3 is 0 Å². The Morgan fingerprint density at radius 2 is 1.84 bits per heavy atom. The summed E-state index contributed by atoms with van der Waals surface area (Å²) in [5.41, 5.74) is 1.95. The minimum absolute atomic E-state index is 0.0560. The van der Waals surface area contributed by atoms with E-state index in [0.29, 0.717) is 42.3 Å². The Labute approximate surface area is 185 Å². The van der Waals surface area contributed by atoms with Crippen molar-refractivity contribution in [3.05, 3.63) is 84.2 Å². The molecule has 164 valence electrons. The van der Waals surface area contributed by atoms with Gasteiger partial charge in [0.25, 0.3) is 5.91 Å². The molecule has 0 aromatic heterocycles. The number of fused-ring (bicyclic) bond motifs is 1. The number of nitrogens with zero attached hydrogens (tertiary/aromatic N) is 1. The van der Waals surface area contributed by atoms with E-state index in [9.17, 15) is 14.0 Å². The SMILES string of the molecule is O=C(Cc1ccc(F)cc1)Nc1ccc2c(c1)OCC(=O)N2CCCOc1ccccc1. The van der Waals surface area contributed by atoms with Gasteiger partial charge in [-0.25, -0.2) is 4.39 Å². The highest BCUT2D eigenvalue weighted by Crippen LogP contribution is 2.34. The molecule has 0 saturated carbocycles. The Bertz CT molecular complexity index is 1090. The van der Waals surface area contributed by atoms with Crippen molar-refractivity contribution in [2.24, 2.45) is 0 Å². The van der Waals surface area contributed by atoms with Crippen LogP contribution in [0.25, 0.3) is 0 Å². The first-order valence-corrected chi connectivity index (χ1v) is 10.4. The number of hydrogen-bond acceptors (Lipinski definition) is 4. The average molecular weight is 434 g/mol. The van der Waals surface area contributed by atoms with Gasteiger partial charge in [0.15, 0.2) is 6.61 Å². The Hall–Kier alpha value is -3.87. The molecule has 7 heteroatoms. The largest absolute Gasteiger partial charge is 0.494 e. The first-order chi connectivity index (χ1) is 15.6. The van der Waals surface area contributed by atoms with Crippen molar-refractivity contribution < 1.29 is 23.5 Å². The summed E-state index contributed by atoms with van der Waals surface area (Å²) in [6.07, 6.45) is 0.792. The number of hydrogen-bond donors (Lipinski definition) is 1. The molecule has 0 saturated heterocycles. The van der Waals surface area contributed by atoms with Crippen molar-refractivity contribution in [1.82, 2.24) is 0 Å². The molecule has 6 nitrogen and oxygen atoms in total. The lowest BCUT2D eigenvalue weighted by Gasteiger charge is -2.29. The summed E-state index contributed by atoms with van der Waals surface area (Å²) in [5, 5.41) is 2.82. The maximum absolute atomic E-state index is 13.0. The Morgan fingerprint density at radius 3 is 2.62 bits per heavy atom. The minimum Gasteiger partial charge on any atom is -0.494 e. The zero-order valence-corrected chi connectivity index (χ0v) is 17.4. The number of halogens is 1. The number of carbonyl (C=O) groups is 2. The lowest BCUT2D eigenvalue weighted by atomic mass is 10.1. The molecule has 1 N–H and O–H groups in total. The molecule has 0 fully saturated rings. The Kier molecular flexibility index (Phi) is 6.65. The van der Waals surface area contributed by atoms with Crippen molar-refractivity contribution in [1.29, 1.82) is 0 Å². The third kappa shape index (κ3) is 5.43. The van der Waals surface area contributed by atoms with Gasteiger partial charge in [0.1, 0.15) is 17.3 Å². The van der Waals surface area contributed by atoms with Crippen molar-refractivity contribution >= 4 is 23.2 Å². The van der Waals surface area contributed by atoms with Gasteiger partial charge < -0.3 is 19.7 Å². The van der Waals surface area contributed by atoms with Crippen LogP contribution in [0.4, 0.5) is 15.8 Å². The lowest BCUT2D eigenvalue weighted by molar-refractivity contribution is -0.121. The number of nitrogens with one attached hydrogen (secondary N) is 1. The average Bonchev–Trinajstić information content (AvgIpc) is 2.80. The Balaban J connectivity index is 1.35. The summed E-state index contributed by atoms with van der Waals surface area (Å²) >= 11 is 0. The smallest absolute Gasteiger partial charge is 0.265 e. The van der Waals surface area contributed by atoms with Crippen LogP contribution in [0.2, 0.25) is 0 Å². The van der Waals surface area contributed by atoms with Gasteiger partial charge in [0.2, 0.25) is 5.91 Å². The lowest BCUT2D eigenvalue weighted by Crippen LogP contribution is -2.39. The highest BCUT2D eigenvalue weighted by atomic mass is 19.1. The molecule has 0 spiro atoms. The fourth-order valence-electron chi connectivity index (χ4n) is 3.45. The maximum Gasteiger partial charge on any atom is 0.265 e. The molecular weight excluding hydrogens is 411 g/mol. The molecule has 32 heavy (non-hydrogen) atoms. The molecule has 0 atom stereocenters. The molecule has 1 heterocycles. The molecule has 0 radical (unpaired) electrons. The van der Waals surface area contributed by atoms with Crippen molar-refractivity contribution in [3.8, 4) is 11.5 Å². The number of rotatable bonds is 8. The summed E-state index contributed by atoms with van der Waals surface area (Å²) in [6.45, 7) is 0.930. The molecular formula is C25H23FN2O4. The molecule has 0 aliphatic carbocycles. The summed E-state index contributed by atoms with van der Waals surface area (Å²) in [4.78, 5) is 26.4. The second-order valence-corrected chi connectivity index (χ2v) is 7.38. The minimum atomic E-state index is -0.341. The van der Waals surface area contributed by atoms with Crippen molar-refractivity contribution in [2.75, 3.05) is 30.0 Å². The van der Waals surface area contributed by atoms with Crippen LogP contribution in [0, 0.1) is 5.82 Å². The first-order valence-electron chi connectivity index (χ1n) is 10.4. The van der Waals surface area contributed by atoms with E-state index >= 15 is 0 Å². The number of para-hydroxylation sites is 1. The number of ether oxygens (including phenoxy) is 2. The quantitative estimate of drug-likeness (QED) is 0.540. The van der Waals surface area contributed by atoms with Gasteiger partial charge in [0, 0.05) is 18.3 Å². The molecule has 2 amide bonds. The van der Waals surface area contributed by atoms with E-state index < -0.39 is 0 Å². The molecule has 0 bridgehead atoms. The number of amides is 2. The van der Waals surface area contributed by atoms with Crippen LogP contribution in [-0.2, 0) is 16.0 Å². The predicted molar refractivity (Wildman–Crippen MR) is 120 cm³/mol. The molecule has 3 aromatic rings. The molecule has 0 unspecified atom stereocenters. The maximum atomic E-state index is 13.0. The summed E-state index contributed by atoms with van der Waals surface area (Å²) in [7, 11) is 0. The van der Waals surface area contributed by atoms with Gasteiger partial charge in [-0.1, -0.05) is 30.3 Å². The number of anilines is 2. The van der Waals surface area contributed by atoms with E-state index in [0.717, 1.165) is 5.75 Å². The fraction of sp³-hybridized carbons (Fsp3) is 0.200. The van der Waals surface area contributed by atoms with E-state index in [1.807, 2.05) is 30.3 Å². The highest BCUT2D eigenvalue weighted by molar-refractivity contribution is 5.99. The standard InChI is InChI=1S/C25H23FN2O4/c26-19-9-7-18(8-10-19)15-24(29)27-20-11-12-22-23(16-20)32-17-25(30)28(22)13-4-14-31-21-5-2-1-3-6-21/h1-3,5-12,16H,4,13-15,17H2,(H,27,29). The zero-order valence-electron chi connectivity index (χ0n) is 17.4. The summed E-state index contributed by atoms with van der Waals surface area (Å²) in [5.74, 6) is 0.644. The molecule has 4 rings (SSSR count). The van der Waals surface area contributed by atoms with E-state index in [2.05, 4.69) is 5.32 Å². The van der Waals surface area contributed by atoms with E-state index in [-0.39, 0.29) is 30.7 Å². The van der Waals surface area contributed by atoms with Crippen molar-refractivity contribution in [2.45, 2.75) is 12.8 Å². The molecule has 3 aromatic carbocycles. The van der Waals surface area contributed by atoms with Crippen LogP contribution in [0.5, 0.6) is 11.5 Å². The number of benzene rings is 3.